The summed E-state index contributed by atoms with van der Waals surface area (Å²) in [6.45, 7) is 0.613. The number of benzene rings is 1. The Morgan fingerprint density at radius 3 is 2.58 bits per heavy atom. The van der Waals surface area contributed by atoms with Crippen LogP contribution >= 0.6 is 15.9 Å². The third kappa shape index (κ3) is 3.86. The molecule has 0 bridgehead atoms. The molecule has 1 heterocycles. The van der Waals surface area contributed by atoms with E-state index >= 15 is 0 Å². The first kappa shape index (κ1) is 13.7. The van der Waals surface area contributed by atoms with Crippen molar-refractivity contribution in [2.45, 2.75) is 13.0 Å². The minimum absolute atomic E-state index is 0.0141. The Hall–Kier alpha value is -1.75. The van der Waals surface area contributed by atoms with Crippen LogP contribution in [0.15, 0.2) is 45.5 Å². The minimum atomic E-state index is 0.0141. The third-order valence-electron chi connectivity index (χ3n) is 2.74. The van der Waals surface area contributed by atoms with Crippen molar-refractivity contribution in [3.63, 3.8) is 0 Å². The van der Waals surface area contributed by atoms with Gasteiger partial charge in [-0.05, 0) is 39.7 Å². The van der Waals surface area contributed by atoms with Crippen molar-refractivity contribution >= 4 is 27.5 Å². The quantitative estimate of drug-likeness (QED) is 0.889. The molecular formula is C14H15BrN2O2. The summed E-state index contributed by atoms with van der Waals surface area (Å²) in [6, 6.07) is 9.65. The van der Waals surface area contributed by atoms with Gasteiger partial charge in [-0.15, -0.1) is 0 Å². The van der Waals surface area contributed by atoms with Crippen LogP contribution in [0.3, 0.4) is 0 Å². The molecule has 1 aromatic heterocycles. The monoisotopic (exact) mass is 322 g/mol. The molecule has 2 aromatic rings. The summed E-state index contributed by atoms with van der Waals surface area (Å²) in [5.74, 6) is 0.870. The smallest absolute Gasteiger partial charge is 0.224 e. The van der Waals surface area contributed by atoms with Gasteiger partial charge in [0.25, 0.3) is 0 Å². The van der Waals surface area contributed by atoms with E-state index in [1.807, 2.05) is 30.3 Å². The lowest BCUT2D eigenvalue weighted by atomic mass is 10.1. The van der Waals surface area contributed by atoms with Crippen molar-refractivity contribution in [2.24, 2.45) is 0 Å². The van der Waals surface area contributed by atoms with Crippen molar-refractivity contribution in [2.75, 3.05) is 12.4 Å². The van der Waals surface area contributed by atoms with Crippen LogP contribution in [0.4, 0.5) is 5.69 Å². The molecule has 1 amide bonds. The van der Waals surface area contributed by atoms with Crippen LogP contribution in [-0.4, -0.2) is 13.0 Å². The average Bonchev–Trinajstić information content (AvgIpc) is 2.83. The maximum Gasteiger partial charge on any atom is 0.224 e. The van der Waals surface area contributed by atoms with E-state index < -0.39 is 0 Å². The molecule has 0 aliphatic carbocycles. The Kier molecular flexibility index (Phi) is 4.63. The molecule has 100 valence electrons. The summed E-state index contributed by atoms with van der Waals surface area (Å²) in [5, 5.41) is 5.86. The van der Waals surface area contributed by atoms with Crippen LogP contribution in [0.5, 0.6) is 0 Å². The molecule has 0 saturated heterocycles. The molecule has 0 fully saturated rings. The number of halogens is 1. The number of anilines is 1. The molecule has 0 unspecified atom stereocenters. The summed E-state index contributed by atoms with van der Waals surface area (Å²) in [4.78, 5) is 11.2. The highest BCUT2D eigenvalue weighted by molar-refractivity contribution is 9.10. The van der Waals surface area contributed by atoms with Gasteiger partial charge >= 0.3 is 0 Å². The molecule has 5 heteroatoms. The Balaban J connectivity index is 1.92. The average molecular weight is 323 g/mol. The lowest BCUT2D eigenvalue weighted by Gasteiger charge is -2.06. The number of likely N-dealkylation sites (N-methyl/N-ethyl adjacent to an activating group) is 1. The van der Waals surface area contributed by atoms with E-state index in [-0.39, 0.29) is 5.91 Å². The van der Waals surface area contributed by atoms with E-state index in [2.05, 4.69) is 26.6 Å². The lowest BCUT2D eigenvalue weighted by molar-refractivity contribution is -0.119. The van der Waals surface area contributed by atoms with Gasteiger partial charge < -0.3 is 15.1 Å². The summed E-state index contributed by atoms with van der Waals surface area (Å²) in [6.07, 6.45) is 2.05. The van der Waals surface area contributed by atoms with Crippen molar-refractivity contribution in [1.29, 1.82) is 0 Å². The third-order valence-corrected chi connectivity index (χ3v) is 3.45. The first-order valence-electron chi connectivity index (χ1n) is 5.94. The number of carbonyl (C=O) groups excluding carboxylic acids is 1. The minimum Gasteiger partial charge on any atom is -0.466 e. The molecule has 19 heavy (non-hydrogen) atoms. The zero-order valence-electron chi connectivity index (χ0n) is 10.6. The van der Waals surface area contributed by atoms with Crippen LogP contribution < -0.4 is 10.6 Å². The topological polar surface area (TPSA) is 54.3 Å². The number of hydrogen-bond donors (Lipinski definition) is 2. The van der Waals surface area contributed by atoms with E-state index in [0.717, 1.165) is 21.5 Å². The van der Waals surface area contributed by atoms with E-state index in [1.165, 1.54) is 0 Å². The Morgan fingerprint density at radius 1 is 1.26 bits per heavy atom. The van der Waals surface area contributed by atoms with E-state index in [0.29, 0.717) is 13.0 Å². The molecule has 0 atom stereocenters. The SMILES string of the molecule is CNC(=O)Cc1ccc(NCc2occc2Br)cc1. The standard InChI is InChI=1S/C14H15BrN2O2/c1-16-14(18)8-10-2-4-11(5-3-10)17-9-13-12(15)6-7-19-13/h2-7,17H,8-9H2,1H3,(H,16,18). The van der Waals surface area contributed by atoms with Gasteiger partial charge in [0, 0.05) is 12.7 Å². The second kappa shape index (κ2) is 6.43. The largest absolute Gasteiger partial charge is 0.466 e. The van der Waals surface area contributed by atoms with Gasteiger partial charge in [-0.3, -0.25) is 4.79 Å². The number of carbonyl (C=O) groups is 1. The molecule has 0 saturated carbocycles. The van der Waals surface area contributed by atoms with Gasteiger partial charge in [0.15, 0.2) is 0 Å². The fourth-order valence-electron chi connectivity index (χ4n) is 1.65. The number of hydrogen-bond acceptors (Lipinski definition) is 3. The number of furan rings is 1. The van der Waals surface area contributed by atoms with Crippen molar-refractivity contribution in [1.82, 2.24) is 5.32 Å². The van der Waals surface area contributed by atoms with Gasteiger partial charge in [0.2, 0.25) is 5.91 Å². The van der Waals surface area contributed by atoms with Crippen molar-refractivity contribution < 1.29 is 9.21 Å². The molecule has 0 aliphatic rings. The maximum atomic E-state index is 11.2. The van der Waals surface area contributed by atoms with Crippen LogP contribution in [0.2, 0.25) is 0 Å². The second-order valence-electron chi connectivity index (χ2n) is 4.09. The van der Waals surface area contributed by atoms with Crippen molar-refractivity contribution in [3.8, 4) is 0 Å². The molecule has 4 nitrogen and oxygen atoms in total. The fraction of sp³-hybridized carbons (Fsp3) is 0.214. The van der Waals surface area contributed by atoms with Gasteiger partial charge in [-0.1, -0.05) is 12.1 Å². The van der Waals surface area contributed by atoms with Crippen LogP contribution in [-0.2, 0) is 17.8 Å². The van der Waals surface area contributed by atoms with Gasteiger partial charge in [0.05, 0.1) is 23.7 Å². The molecular weight excluding hydrogens is 308 g/mol. The zero-order valence-corrected chi connectivity index (χ0v) is 12.2. The van der Waals surface area contributed by atoms with Crippen LogP contribution in [0.25, 0.3) is 0 Å². The van der Waals surface area contributed by atoms with E-state index in [9.17, 15) is 4.79 Å². The molecule has 2 N–H and O–H groups in total. The fourth-order valence-corrected chi connectivity index (χ4v) is 1.99. The van der Waals surface area contributed by atoms with E-state index in [4.69, 9.17) is 4.42 Å². The molecule has 1 aromatic carbocycles. The summed E-state index contributed by atoms with van der Waals surface area (Å²) in [5.41, 5.74) is 1.98. The first-order chi connectivity index (χ1) is 9.19. The highest BCUT2D eigenvalue weighted by Crippen LogP contribution is 2.19. The lowest BCUT2D eigenvalue weighted by Crippen LogP contribution is -2.19. The molecule has 0 aliphatic heterocycles. The number of amides is 1. The predicted molar refractivity (Wildman–Crippen MR) is 77.9 cm³/mol. The second-order valence-corrected chi connectivity index (χ2v) is 4.95. The highest BCUT2D eigenvalue weighted by Gasteiger charge is 2.04. The molecule has 0 radical (unpaired) electrons. The summed E-state index contributed by atoms with van der Waals surface area (Å²) in [7, 11) is 1.64. The Morgan fingerprint density at radius 2 is 2.00 bits per heavy atom. The number of nitrogens with one attached hydrogen (secondary N) is 2. The normalized spacial score (nSPS) is 10.2. The maximum absolute atomic E-state index is 11.2. The van der Waals surface area contributed by atoms with Gasteiger partial charge in [-0.2, -0.15) is 0 Å². The van der Waals surface area contributed by atoms with Crippen molar-refractivity contribution in [3.05, 3.63) is 52.4 Å². The predicted octanol–water partition coefficient (Wildman–Crippen LogP) is 2.94. The van der Waals surface area contributed by atoms with E-state index in [1.54, 1.807) is 13.3 Å². The first-order valence-corrected chi connectivity index (χ1v) is 6.73. The van der Waals surface area contributed by atoms with Gasteiger partial charge in [-0.25, -0.2) is 0 Å². The Labute approximate surface area is 120 Å². The highest BCUT2D eigenvalue weighted by atomic mass is 79.9. The molecule has 0 spiro atoms. The zero-order chi connectivity index (χ0) is 13.7. The summed E-state index contributed by atoms with van der Waals surface area (Å²) < 4.78 is 6.27. The Bertz CT molecular complexity index is 549. The van der Waals surface area contributed by atoms with Crippen LogP contribution in [0, 0.1) is 0 Å². The number of rotatable bonds is 5. The van der Waals surface area contributed by atoms with Gasteiger partial charge in [0.1, 0.15) is 5.76 Å². The molecule has 2 rings (SSSR count). The van der Waals surface area contributed by atoms with Crippen LogP contribution in [0.1, 0.15) is 11.3 Å². The summed E-state index contributed by atoms with van der Waals surface area (Å²) >= 11 is 3.41.